The van der Waals surface area contributed by atoms with Gasteiger partial charge in [0, 0.05) is 31.1 Å². The molecule has 0 aromatic heterocycles. The van der Waals surface area contributed by atoms with Crippen LogP contribution in [0.3, 0.4) is 0 Å². The molecule has 6 nitrogen and oxygen atoms in total. The monoisotopic (exact) mass is 298 g/mol. The third-order valence-electron chi connectivity index (χ3n) is 3.67. The van der Waals surface area contributed by atoms with Crippen molar-refractivity contribution in [3.63, 3.8) is 0 Å². The molecule has 110 valence electrons. The Kier molecular flexibility index (Phi) is 3.68. The molecule has 2 aliphatic rings. The molecule has 1 aromatic rings. The Hall–Kier alpha value is -1.15. The highest BCUT2D eigenvalue weighted by atomic mass is 32.2. The number of hydrogen-bond donors (Lipinski definition) is 1. The van der Waals surface area contributed by atoms with E-state index in [0.717, 1.165) is 5.56 Å². The fraction of sp³-hybridized carbons (Fsp3) is 0.538. The summed E-state index contributed by atoms with van der Waals surface area (Å²) in [6.45, 7) is 2.23. The Balaban J connectivity index is 1.95. The summed E-state index contributed by atoms with van der Waals surface area (Å²) in [6.07, 6.45) is 0.702. The number of rotatable bonds is 2. The van der Waals surface area contributed by atoms with Gasteiger partial charge in [0.05, 0.1) is 24.7 Å². The lowest BCUT2D eigenvalue weighted by atomic mass is 10.0. The first kappa shape index (κ1) is 13.8. The lowest BCUT2D eigenvalue weighted by Crippen LogP contribution is -2.40. The minimum absolute atomic E-state index is 0.168. The number of benzene rings is 1. The van der Waals surface area contributed by atoms with Crippen molar-refractivity contribution in [1.82, 2.24) is 4.31 Å². The predicted octanol–water partition coefficient (Wildman–Crippen LogP) is 0.490. The Morgan fingerprint density at radius 2 is 1.95 bits per heavy atom. The van der Waals surface area contributed by atoms with E-state index in [-0.39, 0.29) is 10.9 Å². The molecule has 1 saturated heterocycles. The first-order chi connectivity index (χ1) is 9.59. The summed E-state index contributed by atoms with van der Waals surface area (Å²) in [4.78, 5) is 0.277. The number of nitrogens with zero attached hydrogens (tertiary/aromatic N) is 1. The van der Waals surface area contributed by atoms with Gasteiger partial charge in [0.2, 0.25) is 10.0 Å². The fourth-order valence-corrected chi connectivity index (χ4v) is 3.94. The number of morpholine rings is 1. The maximum atomic E-state index is 12.6. The van der Waals surface area contributed by atoms with Gasteiger partial charge in [0.25, 0.3) is 0 Å². The molecular weight excluding hydrogens is 280 g/mol. The molecule has 1 aromatic carbocycles. The molecule has 2 heterocycles. The van der Waals surface area contributed by atoms with Crippen LogP contribution in [0.4, 0.5) is 0 Å². The lowest BCUT2D eigenvalue weighted by molar-refractivity contribution is 0.0730. The Morgan fingerprint density at radius 1 is 1.20 bits per heavy atom. The molecule has 1 atom stereocenters. The molecule has 7 heteroatoms. The van der Waals surface area contributed by atoms with Crippen LogP contribution in [-0.2, 0) is 14.8 Å². The number of hydrogen-bond acceptors (Lipinski definition) is 5. The van der Waals surface area contributed by atoms with E-state index in [1.807, 2.05) is 0 Å². The van der Waals surface area contributed by atoms with E-state index in [0.29, 0.717) is 45.1 Å². The van der Waals surface area contributed by atoms with Crippen LogP contribution in [-0.4, -0.2) is 45.6 Å². The third kappa shape index (κ3) is 2.42. The highest BCUT2D eigenvalue weighted by molar-refractivity contribution is 7.89. The molecule has 2 N–H and O–H groups in total. The zero-order valence-corrected chi connectivity index (χ0v) is 11.9. The minimum atomic E-state index is -3.48. The fourth-order valence-electron chi connectivity index (χ4n) is 2.50. The van der Waals surface area contributed by atoms with Gasteiger partial charge < -0.3 is 15.2 Å². The third-order valence-corrected chi connectivity index (χ3v) is 5.57. The highest BCUT2D eigenvalue weighted by Gasteiger charge is 2.28. The van der Waals surface area contributed by atoms with Crippen LogP contribution < -0.4 is 10.5 Å². The van der Waals surface area contributed by atoms with Gasteiger partial charge in [-0.2, -0.15) is 4.31 Å². The van der Waals surface area contributed by atoms with Crippen molar-refractivity contribution in [2.24, 2.45) is 5.73 Å². The van der Waals surface area contributed by atoms with Gasteiger partial charge in [-0.3, -0.25) is 0 Å². The molecule has 20 heavy (non-hydrogen) atoms. The number of nitrogens with two attached hydrogens (primary N) is 1. The minimum Gasteiger partial charge on any atom is -0.493 e. The Labute approximate surface area is 118 Å². The van der Waals surface area contributed by atoms with Gasteiger partial charge in [0.15, 0.2) is 0 Å². The number of fused-ring (bicyclic) bond motifs is 1. The molecular formula is C13H18N2O4S. The van der Waals surface area contributed by atoms with E-state index >= 15 is 0 Å². The zero-order valence-electron chi connectivity index (χ0n) is 11.1. The van der Waals surface area contributed by atoms with Gasteiger partial charge in [0.1, 0.15) is 5.75 Å². The zero-order chi connectivity index (χ0) is 14.2. The molecule has 0 amide bonds. The summed E-state index contributed by atoms with van der Waals surface area (Å²) in [5.74, 6) is 0.685. The first-order valence-corrected chi connectivity index (χ1v) is 8.13. The summed E-state index contributed by atoms with van der Waals surface area (Å²) in [5, 5.41) is 0. The molecule has 0 radical (unpaired) electrons. The van der Waals surface area contributed by atoms with E-state index in [9.17, 15) is 8.42 Å². The second-order valence-electron chi connectivity index (χ2n) is 4.96. The van der Waals surface area contributed by atoms with Crippen LogP contribution >= 0.6 is 0 Å². The number of sulfonamides is 1. The van der Waals surface area contributed by atoms with Crippen LogP contribution in [0.25, 0.3) is 0 Å². The van der Waals surface area contributed by atoms with Crippen molar-refractivity contribution in [2.75, 3.05) is 32.9 Å². The van der Waals surface area contributed by atoms with Crippen LogP contribution in [0.15, 0.2) is 23.1 Å². The SMILES string of the molecule is NC1CCOc2ccc(S(=O)(=O)N3CCOCC3)cc21. The van der Waals surface area contributed by atoms with Crippen molar-refractivity contribution in [1.29, 1.82) is 0 Å². The van der Waals surface area contributed by atoms with Gasteiger partial charge in [-0.1, -0.05) is 0 Å². The van der Waals surface area contributed by atoms with Crippen LogP contribution in [0, 0.1) is 0 Å². The van der Waals surface area contributed by atoms with Crippen LogP contribution in [0.1, 0.15) is 18.0 Å². The maximum Gasteiger partial charge on any atom is 0.243 e. The quantitative estimate of drug-likeness (QED) is 0.859. The topological polar surface area (TPSA) is 81.9 Å². The van der Waals surface area contributed by atoms with E-state index in [1.165, 1.54) is 4.31 Å². The van der Waals surface area contributed by atoms with Gasteiger partial charge in [-0.15, -0.1) is 0 Å². The van der Waals surface area contributed by atoms with Crippen molar-refractivity contribution in [3.05, 3.63) is 23.8 Å². The molecule has 0 aliphatic carbocycles. The van der Waals surface area contributed by atoms with Crippen molar-refractivity contribution < 1.29 is 17.9 Å². The highest BCUT2D eigenvalue weighted by Crippen LogP contribution is 2.33. The Morgan fingerprint density at radius 3 is 2.70 bits per heavy atom. The van der Waals surface area contributed by atoms with E-state index in [2.05, 4.69) is 0 Å². The summed E-state index contributed by atoms with van der Waals surface area (Å²) in [6, 6.07) is 4.76. The van der Waals surface area contributed by atoms with Crippen molar-refractivity contribution in [3.8, 4) is 5.75 Å². The van der Waals surface area contributed by atoms with Crippen molar-refractivity contribution >= 4 is 10.0 Å². The van der Waals surface area contributed by atoms with E-state index < -0.39 is 10.0 Å². The summed E-state index contributed by atoms with van der Waals surface area (Å²) < 4.78 is 37.3. The summed E-state index contributed by atoms with van der Waals surface area (Å²) >= 11 is 0. The van der Waals surface area contributed by atoms with Crippen molar-refractivity contribution in [2.45, 2.75) is 17.4 Å². The standard InChI is InChI=1S/C13H18N2O4S/c14-12-3-6-19-13-2-1-10(9-11(12)13)20(16,17)15-4-7-18-8-5-15/h1-2,9,12H,3-8,14H2. The average Bonchev–Trinajstić information content (AvgIpc) is 2.48. The first-order valence-electron chi connectivity index (χ1n) is 6.69. The summed E-state index contributed by atoms with van der Waals surface area (Å²) in [5.41, 5.74) is 6.80. The molecule has 3 rings (SSSR count). The molecule has 2 aliphatic heterocycles. The van der Waals surface area contributed by atoms with Gasteiger partial charge >= 0.3 is 0 Å². The largest absolute Gasteiger partial charge is 0.493 e. The molecule has 0 bridgehead atoms. The average molecular weight is 298 g/mol. The lowest BCUT2D eigenvalue weighted by Gasteiger charge is -2.27. The van der Waals surface area contributed by atoms with Gasteiger partial charge in [-0.05, 0) is 18.2 Å². The second kappa shape index (κ2) is 5.33. The molecule has 1 fully saturated rings. The van der Waals surface area contributed by atoms with Crippen LogP contribution in [0.2, 0.25) is 0 Å². The van der Waals surface area contributed by atoms with Crippen LogP contribution in [0.5, 0.6) is 5.75 Å². The molecule has 0 saturated carbocycles. The second-order valence-corrected chi connectivity index (χ2v) is 6.90. The smallest absolute Gasteiger partial charge is 0.243 e. The molecule has 1 unspecified atom stereocenters. The van der Waals surface area contributed by atoms with Gasteiger partial charge in [-0.25, -0.2) is 8.42 Å². The predicted molar refractivity (Wildman–Crippen MR) is 73.1 cm³/mol. The van der Waals surface area contributed by atoms with E-state index in [4.69, 9.17) is 15.2 Å². The maximum absolute atomic E-state index is 12.6. The Bertz CT molecular complexity index is 596. The normalized spacial score (nSPS) is 23.9. The molecule has 0 spiro atoms. The van der Waals surface area contributed by atoms with E-state index in [1.54, 1.807) is 18.2 Å². The summed E-state index contributed by atoms with van der Waals surface area (Å²) in [7, 11) is -3.48. The number of ether oxygens (including phenoxy) is 2.